The van der Waals surface area contributed by atoms with Crippen LogP contribution in [0, 0.1) is 0 Å². The molecule has 0 bridgehead atoms. The highest BCUT2D eigenvalue weighted by molar-refractivity contribution is 6.33. The van der Waals surface area contributed by atoms with Crippen LogP contribution in [0.2, 0.25) is 5.02 Å². The fourth-order valence-electron chi connectivity index (χ4n) is 1.83. The Morgan fingerprint density at radius 1 is 1.44 bits per heavy atom. The molecule has 1 aromatic carbocycles. The van der Waals surface area contributed by atoms with E-state index in [1.165, 1.54) is 5.56 Å². The molecule has 0 aliphatic carbocycles. The van der Waals surface area contributed by atoms with E-state index in [4.69, 9.17) is 22.1 Å². The number of halogens is 1. The van der Waals surface area contributed by atoms with Gasteiger partial charge in [0.1, 0.15) is 0 Å². The third-order valence-electron chi connectivity index (χ3n) is 3.25. The normalized spacial score (nSPS) is 12.9. The summed E-state index contributed by atoms with van der Waals surface area (Å²) in [5.41, 5.74) is 7.54. The molecule has 0 fully saturated rings. The zero-order valence-electron chi connectivity index (χ0n) is 11.4. The highest BCUT2D eigenvalue weighted by Gasteiger charge is 2.12. The SMILES string of the molecule is CCC(C)N(CCOC)Cc1ccc(N)c(Cl)c1. The van der Waals surface area contributed by atoms with Gasteiger partial charge in [-0.1, -0.05) is 24.6 Å². The Labute approximate surface area is 115 Å². The zero-order valence-corrected chi connectivity index (χ0v) is 12.2. The van der Waals surface area contributed by atoms with Gasteiger partial charge in [0.2, 0.25) is 0 Å². The first-order valence-electron chi connectivity index (χ1n) is 6.35. The maximum Gasteiger partial charge on any atom is 0.0638 e. The first-order chi connectivity index (χ1) is 8.58. The minimum absolute atomic E-state index is 0.525. The highest BCUT2D eigenvalue weighted by Crippen LogP contribution is 2.21. The average Bonchev–Trinajstić information content (AvgIpc) is 2.37. The van der Waals surface area contributed by atoms with Crippen molar-refractivity contribution in [2.75, 3.05) is 26.0 Å². The van der Waals surface area contributed by atoms with E-state index in [0.717, 1.165) is 26.1 Å². The summed E-state index contributed by atoms with van der Waals surface area (Å²) in [4.78, 5) is 2.39. The van der Waals surface area contributed by atoms with Crippen molar-refractivity contribution in [1.29, 1.82) is 0 Å². The molecule has 3 nitrogen and oxygen atoms in total. The molecule has 1 atom stereocenters. The van der Waals surface area contributed by atoms with Crippen molar-refractivity contribution in [3.8, 4) is 0 Å². The van der Waals surface area contributed by atoms with Crippen molar-refractivity contribution >= 4 is 17.3 Å². The number of nitrogens with zero attached hydrogens (tertiary/aromatic N) is 1. The fourth-order valence-corrected chi connectivity index (χ4v) is 2.03. The Bertz CT molecular complexity index is 371. The zero-order chi connectivity index (χ0) is 13.5. The summed E-state index contributed by atoms with van der Waals surface area (Å²) in [7, 11) is 1.73. The first kappa shape index (κ1) is 15.3. The van der Waals surface area contributed by atoms with Gasteiger partial charge < -0.3 is 10.5 Å². The largest absolute Gasteiger partial charge is 0.398 e. The van der Waals surface area contributed by atoms with Crippen molar-refractivity contribution < 1.29 is 4.74 Å². The van der Waals surface area contributed by atoms with Crippen LogP contribution < -0.4 is 5.73 Å². The lowest BCUT2D eigenvalue weighted by molar-refractivity contribution is 0.118. The number of nitrogens with two attached hydrogens (primary N) is 1. The predicted octanol–water partition coefficient (Wildman–Crippen LogP) is 3.17. The standard InChI is InChI=1S/C14H23ClN2O/c1-4-11(2)17(7-8-18-3)10-12-5-6-14(16)13(15)9-12/h5-6,9,11H,4,7-8,10,16H2,1-3H3. The molecule has 102 valence electrons. The Morgan fingerprint density at radius 2 is 2.17 bits per heavy atom. The minimum atomic E-state index is 0.525. The van der Waals surface area contributed by atoms with Crippen LogP contribution in [0.5, 0.6) is 0 Å². The quantitative estimate of drug-likeness (QED) is 0.774. The van der Waals surface area contributed by atoms with Gasteiger partial charge in [0.15, 0.2) is 0 Å². The smallest absolute Gasteiger partial charge is 0.0638 e. The maximum atomic E-state index is 6.05. The maximum absolute atomic E-state index is 6.05. The lowest BCUT2D eigenvalue weighted by atomic mass is 10.1. The van der Waals surface area contributed by atoms with Crippen molar-refractivity contribution in [2.24, 2.45) is 0 Å². The summed E-state index contributed by atoms with van der Waals surface area (Å²) in [5, 5.41) is 0.628. The summed E-state index contributed by atoms with van der Waals surface area (Å²) < 4.78 is 5.16. The number of rotatable bonds is 7. The van der Waals surface area contributed by atoms with E-state index in [2.05, 4.69) is 18.7 Å². The molecule has 0 aliphatic heterocycles. The summed E-state index contributed by atoms with van der Waals surface area (Å²) in [5.74, 6) is 0. The number of anilines is 1. The molecule has 0 heterocycles. The molecule has 18 heavy (non-hydrogen) atoms. The van der Waals surface area contributed by atoms with E-state index in [9.17, 15) is 0 Å². The van der Waals surface area contributed by atoms with Crippen molar-refractivity contribution in [2.45, 2.75) is 32.9 Å². The van der Waals surface area contributed by atoms with Crippen molar-refractivity contribution in [3.05, 3.63) is 28.8 Å². The molecule has 0 saturated carbocycles. The van der Waals surface area contributed by atoms with Crippen LogP contribution in [0.4, 0.5) is 5.69 Å². The number of benzene rings is 1. The van der Waals surface area contributed by atoms with Crippen LogP contribution in [0.3, 0.4) is 0 Å². The molecule has 0 aromatic heterocycles. The lowest BCUT2D eigenvalue weighted by Gasteiger charge is -2.28. The summed E-state index contributed by atoms with van der Waals surface area (Å²) >= 11 is 6.05. The molecule has 0 amide bonds. The second-order valence-electron chi connectivity index (χ2n) is 4.58. The molecule has 1 unspecified atom stereocenters. The van der Waals surface area contributed by atoms with Gasteiger partial charge in [-0.05, 0) is 31.0 Å². The second kappa shape index (κ2) is 7.62. The summed E-state index contributed by atoms with van der Waals surface area (Å²) in [6.45, 7) is 6.97. The van der Waals surface area contributed by atoms with Gasteiger partial charge in [-0.25, -0.2) is 0 Å². The number of hydrogen-bond acceptors (Lipinski definition) is 3. The number of methoxy groups -OCH3 is 1. The van der Waals surface area contributed by atoms with Gasteiger partial charge in [-0.15, -0.1) is 0 Å². The first-order valence-corrected chi connectivity index (χ1v) is 6.73. The monoisotopic (exact) mass is 270 g/mol. The third kappa shape index (κ3) is 4.48. The predicted molar refractivity (Wildman–Crippen MR) is 77.9 cm³/mol. The van der Waals surface area contributed by atoms with Crippen LogP contribution in [0.15, 0.2) is 18.2 Å². The fraction of sp³-hybridized carbons (Fsp3) is 0.571. The summed E-state index contributed by atoms with van der Waals surface area (Å²) in [6.07, 6.45) is 1.12. The molecular formula is C14H23ClN2O. The number of ether oxygens (including phenoxy) is 1. The number of hydrogen-bond donors (Lipinski definition) is 1. The van der Waals surface area contributed by atoms with E-state index >= 15 is 0 Å². The topological polar surface area (TPSA) is 38.5 Å². The molecule has 0 aliphatic rings. The van der Waals surface area contributed by atoms with Gasteiger partial charge in [0, 0.05) is 26.2 Å². The second-order valence-corrected chi connectivity index (χ2v) is 4.98. The third-order valence-corrected chi connectivity index (χ3v) is 3.57. The molecule has 2 N–H and O–H groups in total. The van der Waals surface area contributed by atoms with Gasteiger partial charge in [-0.3, -0.25) is 4.90 Å². The molecule has 0 radical (unpaired) electrons. The van der Waals surface area contributed by atoms with Gasteiger partial charge >= 0.3 is 0 Å². The number of nitrogen functional groups attached to an aromatic ring is 1. The summed E-state index contributed by atoms with van der Waals surface area (Å²) in [6, 6.07) is 6.36. The van der Waals surface area contributed by atoms with Gasteiger partial charge in [0.25, 0.3) is 0 Å². The van der Waals surface area contributed by atoms with Crippen LogP contribution in [-0.2, 0) is 11.3 Å². The van der Waals surface area contributed by atoms with E-state index < -0.39 is 0 Å². The minimum Gasteiger partial charge on any atom is -0.398 e. The van der Waals surface area contributed by atoms with E-state index in [1.807, 2.05) is 18.2 Å². The van der Waals surface area contributed by atoms with Crippen LogP contribution >= 0.6 is 11.6 Å². The molecule has 1 aromatic rings. The Morgan fingerprint density at radius 3 is 2.72 bits per heavy atom. The van der Waals surface area contributed by atoms with Crippen molar-refractivity contribution in [1.82, 2.24) is 4.90 Å². The van der Waals surface area contributed by atoms with Gasteiger partial charge in [0.05, 0.1) is 17.3 Å². The molecular weight excluding hydrogens is 248 g/mol. The van der Waals surface area contributed by atoms with E-state index in [1.54, 1.807) is 7.11 Å². The molecule has 0 spiro atoms. The Hall–Kier alpha value is -0.770. The highest BCUT2D eigenvalue weighted by atomic mass is 35.5. The molecule has 0 saturated heterocycles. The average molecular weight is 271 g/mol. The molecule has 4 heteroatoms. The van der Waals surface area contributed by atoms with Crippen molar-refractivity contribution in [3.63, 3.8) is 0 Å². The van der Waals surface area contributed by atoms with Crippen LogP contribution in [0.25, 0.3) is 0 Å². The lowest BCUT2D eigenvalue weighted by Crippen LogP contribution is -2.34. The Balaban J connectivity index is 2.71. The Kier molecular flexibility index (Phi) is 6.47. The van der Waals surface area contributed by atoms with Crippen LogP contribution in [0.1, 0.15) is 25.8 Å². The van der Waals surface area contributed by atoms with Gasteiger partial charge in [-0.2, -0.15) is 0 Å². The molecule has 1 rings (SSSR count). The van der Waals surface area contributed by atoms with E-state index in [-0.39, 0.29) is 0 Å². The van der Waals surface area contributed by atoms with Crippen LogP contribution in [-0.4, -0.2) is 31.2 Å². The van der Waals surface area contributed by atoms with E-state index in [0.29, 0.717) is 16.8 Å².